The molecule has 0 aromatic heterocycles. The minimum atomic E-state index is -0.0278. The van der Waals surface area contributed by atoms with Gasteiger partial charge < -0.3 is 4.74 Å². The van der Waals surface area contributed by atoms with Crippen LogP contribution in [0.1, 0.15) is 18.9 Å². The predicted molar refractivity (Wildman–Crippen MR) is 61.3 cm³/mol. The van der Waals surface area contributed by atoms with Crippen molar-refractivity contribution < 1.29 is 9.53 Å². The third-order valence-corrected chi connectivity index (χ3v) is 2.63. The van der Waals surface area contributed by atoms with Crippen molar-refractivity contribution in [3.8, 4) is 0 Å². The summed E-state index contributed by atoms with van der Waals surface area (Å²) in [7, 11) is 1.60. The van der Waals surface area contributed by atoms with Crippen LogP contribution in [0.15, 0.2) is 24.3 Å². The van der Waals surface area contributed by atoms with Crippen LogP contribution in [0.5, 0.6) is 0 Å². The highest BCUT2D eigenvalue weighted by Crippen LogP contribution is 2.16. The summed E-state index contributed by atoms with van der Waals surface area (Å²) in [6.45, 7) is 1.88. The van der Waals surface area contributed by atoms with E-state index in [2.05, 4.69) is 0 Å². The predicted octanol–water partition coefficient (Wildman–Crippen LogP) is 2.88. The molecule has 0 fully saturated rings. The van der Waals surface area contributed by atoms with Crippen molar-refractivity contribution in [2.45, 2.75) is 25.9 Å². The zero-order valence-electron chi connectivity index (χ0n) is 9.00. The molecule has 0 heterocycles. The lowest BCUT2D eigenvalue weighted by atomic mass is 10.1. The summed E-state index contributed by atoms with van der Waals surface area (Å²) in [6, 6.07) is 7.41. The van der Waals surface area contributed by atoms with Crippen molar-refractivity contribution in [2.75, 3.05) is 7.11 Å². The molecule has 1 rings (SSSR count). The number of carbonyl (C=O) groups is 1. The van der Waals surface area contributed by atoms with E-state index in [0.717, 1.165) is 5.56 Å². The van der Waals surface area contributed by atoms with Gasteiger partial charge >= 0.3 is 0 Å². The fourth-order valence-corrected chi connectivity index (χ4v) is 1.53. The van der Waals surface area contributed by atoms with E-state index in [1.54, 1.807) is 13.2 Å². The Hall–Kier alpha value is -0.860. The number of hydrogen-bond acceptors (Lipinski definition) is 2. The highest BCUT2D eigenvalue weighted by Gasteiger charge is 2.10. The number of methoxy groups -OCH3 is 1. The van der Waals surface area contributed by atoms with Gasteiger partial charge in [0.1, 0.15) is 5.78 Å². The lowest BCUT2D eigenvalue weighted by molar-refractivity contribution is -0.120. The van der Waals surface area contributed by atoms with Gasteiger partial charge in [-0.1, -0.05) is 29.8 Å². The molecule has 1 aromatic carbocycles. The quantitative estimate of drug-likeness (QED) is 0.772. The van der Waals surface area contributed by atoms with Gasteiger partial charge in [0.05, 0.1) is 6.10 Å². The minimum absolute atomic E-state index is 0.0278. The van der Waals surface area contributed by atoms with Gasteiger partial charge in [0.15, 0.2) is 0 Å². The molecular weight excluding hydrogens is 212 g/mol. The molecule has 1 atom stereocenters. The Bertz CT molecular complexity index is 336. The van der Waals surface area contributed by atoms with Crippen LogP contribution in [0.4, 0.5) is 0 Å². The Labute approximate surface area is 95.2 Å². The fraction of sp³-hybridized carbons (Fsp3) is 0.417. The highest BCUT2D eigenvalue weighted by atomic mass is 35.5. The number of hydrogen-bond donors (Lipinski definition) is 0. The molecule has 0 amide bonds. The molecule has 0 saturated carbocycles. The molecule has 0 bridgehead atoms. The summed E-state index contributed by atoms with van der Waals surface area (Å²) < 4.78 is 5.03. The van der Waals surface area contributed by atoms with E-state index in [4.69, 9.17) is 16.3 Å². The first-order chi connectivity index (χ1) is 7.13. The largest absolute Gasteiger partial charge is 0.381 e. The van der Waals surface area contributed by atoms with Gasteiger partial charge in [-0.25, -0.2) is 0 Å². The van der Waals surface area contributed by atoms with Crippen LogP contribution < -0.4 is 0 Å². The van der Waals surface area contributed by atoms with Crippen molar-refractivity contribution in [1.29, 1.82) is 0 Å². The average Bonchev–Trinajstić information content (AvgIpc) is 2.21. The standard InChI is InChI=1S/C12H15ClO2/c1-9(15-2)7-11(14)8-10-5-3-4-6-12(10)13/h3-6,9H,7-8H2,1-2H3. The molecule has 82 valence electrons. The molecule has 0 aliphatic heterocycles. The Morgan fingerprint density at radius 3 is 2.73 bits per heavy atom. The van der Waals surface area contributed by atoms with Crippen molar-refractivity contribution in [1.82, 2.24) is 0 Å². The molecule has 2 nitrogen and oxygen atoms in total. The molecule has 0 radical (unpaired) electrons. The second-order valence-electron chi connectivity index (χ2n) is 3.56. The SMILES string of the molecule is COC(C)CC(=O)Cc1ccccc1Cl. The Morgan fingerprint density at radius 2 is 2.13 bits per heavy atom. The van der Waals surface area contributed by atoms with Crippen molar-refractivity contribution >= 4 is 17.4 Å². The number of Topliss-reactive ketones (excluding diaryl/α,β-unsaturated/α-hetero) is 1. The van der Waals surface area contributed by atoms with Gasteiger partial charge in [0.25, 0.3) is 0 Å². The topological polar surface area (TPSA) is 26.3 Å². The van der Waals surface area contributed by atoms with Crippen molar-refractivity contribution in [2.24, 2.45) is 0 Å². The third kappa shape index (κ3) is 4.02. The zero-order chi connectivity index (χ0) is 11.3. The number of carbonyl (C=O) groups excluding carboxylic acids is 1. The molecule has 3 heteroatoms. The number of ether oxygens (including phenoxy) is 1. The molecule has 0 aliphatic rings. The van der Waals surface area contributed by atoms with Crippen LogP contribution in [0, 0.1) is 0 Å². The molecular formula is C12H15ClO2. The van der Waals surface area contributed by atoms with Crippen molar-refractivity contribution in [3.05, 3.63) is 34.9 Å². The highest BCUT2D eigenvalue weighted by molar-refractivity contribution is 6.31. The number of halogens is 1. The van der Waals surface area contributed by atoms with Gasteiger partial charge in [-0.3, -0.25) is 4.79 Å². The fourth-order valence-electron chi connectivity index (χ4n) is 1.33. The third-order valence-electron chi connectivity index (χ3n) is 2.26. The van der Waals surface area contributed by atoms with Gasteiger partial charge in [-0.2, -0.15) is 0 Å². The monoisotopic (exact) mass is 226 g/mol. The maximum absolute atomic E-state index is 11.6. The van der Waals surface area contributed by atoms with Crippen LogP contribution in [-0.2, 0) is 16.0 Å². The Morgan fingerprint density at radius 1 is 1.47 bits per heavy atom. The lowest BCUT2D eigenvalue weighted by Crippen LogP contribution is -2.14. The maximum atomic E-state index is 11.6. The molecule has 0 spiro atoms. The first-order valence-corrected chi connectivity index (χ1v) is 5.29. The van der Waals surface area contributed by atoms with Crippen molar-refractivity contribution in [3.63, 3.8) is 0 Å². The van der Waals surface area contributed by atoms with Crippen LogP contribution in [0.2, 0.25) is 5.02 Å². The lowest BCUT2D eigenvalue weighted by Gasteiger charge is -2.08. The maximum Gasteiger partial charge on any atom is 0.139 e. The first kappa shape index (κ1) is 12.2. The summed E-state index contributed by atoms with van der Waals surface area (Å²) in [4.78, 5) is 11.6. The van der Waals surface area contributed by atoms with Crippen LogP contribution in [0.3, 0.4) is 0 Å². The van der Waals surface area contributed by atoms with Gasteiger partial charge in [-0.05, 0) is 18.6 Å². The molecule has 1 aromatic rings. The van der Waals surface area contributed by atoms with E-state index in [9.17, 15) is 4.79 Å². The molecule has 0 saturated heterocycles. The van der Waals surface area contributed by atoms with Crippen LogP contribution in [-0.4, -0.2) is 19.0 Å². The number of benzene rings is 1. The molecule has 15 heavy (non-hydrogen) atoms. The van der Waals surface area contributed by atoms with Crippen LogP contribution in [0.25, 0.3) is 0 Å². The second kappa shape index (κ2) is 5.89. The van der Waals surface area contributed by atoms with Gasteiger partial charge in [0.2, 0.25) is 0 Å². The van der Waals surface area contributed by atoms with E-state index in [1.807, 2.05) is 25.1 Å². The summed E-state index contributed by atoms with van der Waals surface area (Å²) in [5.74, 6) is 0.150. The second-order valence-corrected chi connectivity index (χ2v) is 3.96. The Kier molecular flexibility index (Phi) is 4.79. The molecule has 0 N–H and O–H groups in total. The summed E-state index contributed by atoms with van der Waals surface area (Å²) in [5, 5.41) is 0.649. The van der Waals surface area contributed by atoms with Crippen LogP contribution >= 0.6 is 11.6 Å². The van der Waals surface area contributed by atoms with E-state index < -0.39 is 0 Å². The summed E-state index contributed by atoms with van der Waals surface area (Å²) >= 11 is 5.96. The summed E-state index contributed by atoms with van der Waals surface area (Å²) in [6.07, 6.45) is 0.787. The van der Waals surface area contributed by atoms with Gasteiger partial charge in [0, 0.05) is 25.0 Å². The average molecular weight is 227 g/mol. The molecule has 0 aliphatic carbocycles. The summed E-state index contributed by atoms with van der Waals surface area (Å²) in [5.41, 5.74) is 0.882. The van der Waals surface area contributed by atoms with E-state index in [1.165, 1.54) is 0 Å². The van der Waals surface area contributed by atoms with Gasteiger partial charge in [-0.15, -0.1) is 0 Å². The normalized spacial score (nSPS) is 12.5. The first-order valence-electron chi connectivity index (χ1n) is 4.91. The van der Waals surface area contributed by atoms with E-state index >= 15 is 0 Å². The Balaban J connectivity index is 2.55. The molecule has 1 unspecified atom stereocenters. The zero-order valence-corrected chi connectivity index (χ0v) is 9.75. The van der Waals surface area contributed by atoms with E-state index in [-0.39, 0.29) is 11.9 Å². The number of rotatable bonds is 5. The minimum Gasteiger partial charge on any atom is -0.381 e. The van der Waals surface area contributed by atoms with E-state index in [0.29, 0.717) is 17.9 Å². The number of ketones is 1. The smallest absolute Gasteiger partial charge is 0.139 e.